The summed E-state index contributed by atoms with van der Waals surface area (Å²) in [6.07, 6.45) is 1.91. The fourth-order valence-electron chi connectivity index (χ4n) is 2.31. The summed E-state index contributed by atoms with van der Waals surface area (Å²) in [6, 6.07) is 8.20. The van der Waals surface area contributed by atoms with Crippen LogP contribution in [0.3, 0.4) is 0 Å². The second-order valence-electron chi connectivity index (χ2n) is 4.53. The molecule has 0 aliphatic carbocycles. The Morgan fingerprint density at radius 3 is 2.89 bits per heavy atom. The minimum Gasteiger partial charge on any atom is -0.372 e. The van der Waals surface area contributed by atoms with Crippen molar-refractivity contribution in [1.82, 2.24) is 15.2 Å². The van der Waals surface area contributed by atoms with Gasteiger partial charge in [-0.05, 0) is 22.8 Å². The summed E-state index contributed by atoms with van der Waals surface area (Å²) in [5.74, 6) is 5.66. The number of nitrogens with zero attached hydrogens (tertiary/aromatic N) is 2. The summed E-state index contributed by atoms with van der Waals surface area (Å²) in [5.41, 5.74) is 7.35. The summed E-state index contributed by atoms with van der Waals surface area (Å²) in [6.45, 7) is 1.39. The molecule has 0 radical (unpaired) electrons. The number of ether oxygens (including phenoxy) is 1. The summed E-state index contributed by atoms with van der Waals surface area (Å²) < 4.78 is 7.20. The highest BCUT2D eigenvalue weighted by molar-refractivity contribution is 5.37. The summed E-state index contributed by atoms with van der Waals surface area (Å²) in [5, 5.41) is 4.39. The van der Waals surface area contributed by atoms with E-state index in [1.165, 1.54) is 11.1 Å². The zero-order valence-electron chi connectivity index (χ0n) is 10.3. The van der Waals surface area contributed by atoms with E-state index in [0.29, 0.717) is 13.2 Å². The number of aromatic nitrogens is 2. The van der Waals surface area contributed by atoms with Gasteiger partial charge >= 0.3 is 0 Å². The predicted molar refractivity (Wildman–Crippen MR) is 67.3 cm³/mol. The van der Waals surface area contributed by atoms with Crippen LogP contribution in [0.5, 0.6) is 0 Å². The Hall–Kier alpha value is -1.69. The first kappa shape index (κ1) is 11.4. The Morgan fingerprint density at radius 1 is 1.33 bits per heavy atom. The normalized spacial score (nSPS) is 15.7. The van der Waals surface area contributed by atoms with E-state index in [2.05, 4.69) is 28.7 Å². The van der Waals surface area contributed by atoms with Crippen LogP contribution in [-0.2, 0) is 25.0 Å². The van der Waals surface area contributed by atoms with E-state index in [9.17, 15) is 0 Å². The number of nitrogens with one attached hydrogen (secondary N) is 1. The molecule has 2 heterocycles. The Balaban J connectivity index is 1.96. The Kier molecular flexibility index (Phi) is 2.87. The van der Waals surface area contributed by atoms with Gasteiger partial charge in [0.15, 0.2) is 0 Å². The van der Waals surface area contributed by atoms with Gasteiger partial charge in [0, 0.05) is 13.2 Å². The van der Waals surface area contributed by atoms with Gasteiger partial charge in [0.25, 0.3) is 0 Å². The second kappa shape index (κ2) is 4.53. The maximum atomic E-state index is 5.66. The van der Waals surface area contributed by atoms with E-state index in [0.717, 1.165) is 11.3 Å². The number of aryl methyl sites for hydroxylation is 1. The van der Waals surface area contributed by atoms with Gasteiger partial charge < -0.3 is 4.74 Å². The maximum absolute atomic E-state index is 5.66. The van der Waals surface area contributed by atoms with Gasteiger partial charge in [-0.25, -0.2) is 5.43 Å². The average molecular weight is 244 g/mol. The van der Waals surface area contributed by atoms with Gasteiger partial charge in [-0.2, -0.15) is 5.10 Å². The number of benzene rings is 1. The van der Waals surface area contributed by atoms with Crippen LogP contribution in [0.2, 0.25) is 0 Å². The molecule has 0 saturated carbocycles. The predicted octanol–water partition coefficient (Wildman–Crippen LogP) is 1.00. The molecule has 94 valence electrons. The van der Waals surface area contributed by atoms with Crippen molar-refractivity contribution in [2.45, 2.75) is 19.3 Å². The molecule has 0 fully saturated rings. The molecule has 1 aliphatic rings. The highest BCUT2D eigenvalue weighted by atomic mass is 16.5. The lowest BCUT2D eigenvalue weighted by Gasteiger charge is -2.15. The van der Waals surface area contributed by atoms with Crippen LogP contribution in [0.1, 0.15) is 28.4 Å². The molecule has 18 heavy (non-hydrogen) atoms. The van der Waals surface area contributed by atoms with E-state index < -0.39 is 0 Å². The van der Waals surface area contributed by atoms with Crippen molar-refractivity contribution in [3.05, 3.63) is 52.8 Å². The van der Waals surface area contributed by atoms with E-state index >= 15 is 0 Å². The number of hydrogen-bond acceptors (Lipinski definition) is 4. The lowest BCUT2D eigenvalue weighted by Crippen LogP contribution is -2.29. The third kappa shape index (κ3) is 1.92. The van der Waals surface area contributed by atoms with Crippen molar-refractivity contribution in [1.29, 1.82) is 0 Å². The SMILES string of the molecule is Cn1ccc(C(NN)c2ccc3c(c2)COC3)n1. The van der Waals surface area contributed by atoms with Gasteiger partial charge in [0.05, 0.1) is 24.9 Å². The molecule has 1 atom stereocenters. The zero-order valence-corrected chi connectivity index (χ0v) is 10.3. The maximum Gasteiger partial charge on any atom is 0.0900 e. The monoisotopic (exact) mass is 244 g/mol. The third-order valence-corrected chi connectivity index (χ3v) is 3.28. The first-order valence-corrected chi connectivity index (χ1v) is 5.93. The lowest BCUT2D eigenvalue weighted by atomic mass is 9.99. The molecule has 1 unspecified atom stereocenters. The molecular weight excluding hydrogens is 228 g/mol. The first-order chi connectivity index (χ1) is 8.78. The molecule has 1 aromatic heterocycles. The first-order valence-electron chi connectivity index (χ1n) is 5.93. The van der Waals surface area contributed by atoms with Crippen molar-refractivity contribution in [3.8, 4) is 0 Å². The fourth-order valence-corrected chi connectivity index (χ4v) is 2.31. The molecule has 0 spiro atoms. The minimum atomic E-state index is -0.0860. The third-order valence-electron chi connectivity index (χ3n) is 3.28. The molecule has 3 N–H and O–H groups in total. The van der Waals surface area contributed by atoms with Crippen molar-refractivity contribution in [2.75, 3.05) is 0 Å². The van der Waals surface area contributed by atoms with Crippen LogP contribution in [0.15, 0.2) is 30.5 Å². The molecule has 1 aliphatic heterocycles. The minimum absolute atomic E-state index is 0.0860. The molecule has 2 aromatic rings. The van der Waals surface area contributed by atoms with Crippen LogP contribution in [0, 0.1) is 0 Å². The van der Waals surface area contributed by atoms with Gasteiger partial charge in [0.2, 0.25) is 0 Å². The summed E-state index contributed by atoms with van der Waals surface area (Å²) in [7, 11) is 1.90. The average Bonchev–Trinajstić information content (AvgIpc) is 2.99. The molecule has 1 aromatic carbocycles. The molecule has 0 bridgehead atoms. The second-order valence-corrected chi connectivity index (χ2v) is 4.53. The quantitative estimate of drug-likeness (QED) is 0.624. The molecule has 0 saturated heterocycles. The van der Waals surface area contributed by atoms with Crippen LogP contribution in [0.4, 0.5) is 0 Å². The molecular formula is C13H16N4O. The van der Waals surface area contributed by atoms with Crippen molar-refractivity contribution in [3.63, 3.8) is 0 Å². The molecule has 5 heteroatoms. The smallest absolute Gasteiger partial charge is 0.0900 e. The Labute approximate surface area is 106 Å². The highest BCUT2D eigenvalue weighted by Crippen LogP contribution is 2.26. The van der Waals surface area contributed by atoms with Gasteiger partial charge in [0.1, 0.15) is 0 Å². The molecule has 0 amide bonds. The largest absolute Gasteiger partial charge is 0.372 e. The molecule has 3 rings (SSSR count). The van der Waals surface area contributed by atoms with E-state index in [-0.39, 0.29) is 6.04 Å². The lowest BCUT2D eigenvalue weighted by molar-refractivity contribution is 0.134. The fraction of sp³-hybridized carbons (Fsp3) is 0.308. The van der Waals surface area contributed by atoms with E-state index in [1.807, 2.05) is 19.3 Å². The van der Waals surface area contributed by atoms with Crippen LogP contribution in [0.25, 0.3) is 0 Å². The zero-order chi connectivity index (χ0) is 12.5. The van der Waals surface area contributed by atoms with Crippen LogP contribution in [-0.4, -0.2) is 9.78 Å². The Morgan fingerprint density at radius 2 is 2.17 bits per heavy atom. The Bertz CT molecular complexity index is 564. The van der Waals surface area contributed by atoms with E-state index in [1.54, 1.807) is 4.68 Å². The van der Waals surface area contributed by atoms with E-state index in [4.69, 9.17) is 10.6 Å². The van der Waals surface area contributed by atoms with Gasteiger partial charge in [-0.15, -0.1) is 0 Å². The number of rotatable bonds is 3. The van der Waals surface area contributed by atoms with Crippen LogP contribution < -0.4 is 11.3 Å². The van der Waals surface area contributed by atoms with Gasteiger partial charge in [-0.3, -0.25) is 10.5 Å². The van der Waals surface area contributed by atoms with Crippen LogP contribution >= 0.6 is 0 Å². The van der Waals surface area contributed by atoms with Crippen molar-refractivity contribution < 1.29 is 4.74 Å². The van der Waals surface area contributed by atoms with Crippen molar-refractivity contribution in [2.24, 2.45) is 12.9 Å². The number of nitrogens with two attached hydrogens (primary N) is 1. The topological polar surface area (TPSA) is 65.1 Å². The summed E-state index contributed by atoms with van der Waals surface area (Å²) in [4.78, 5) is 0. The molecule has 5 nitrogen and oxygen atoms in total. The van der Waals surface area contributed by atoms with Gasteiger partial charge in [-0.1, -0.05) is 18.2 Å². The number of hydrazine groups is 1. The standard InChI is InChI=1S/C13H16N4O/c1-17-5-4-12(16-17)13(15-14)9-2-3-10-7-18-8-11(10)6-9/h2-6,13,15H,7-8,14H2,1H3. The van der Waals surface area contributed by atoms with Crippen molar-refractivity contribution >= 4 is 0 Å². The summed E-state index contributed by atoms with van der Waals surface area (Å²) >= 11 is 0. The highest BCUT2D eigenvalue weighted by Gasteiger charge is 2.18. The number of hydrogen-bond donors (Lipinski definition) is 2. The number of fused-ring (bicyclic) bond motifs is 1.